The second-order valence-corrected chi connectivity index (χ2v) is 4.11. The molecule has 0 fully saturated rings. The van der Waals surface area contributed by atoms with Crippen molar-refractivity contribution in [1.29, 1.82) is 0 Å². The number of carbonyl (C=O) groups excluding carboxylic acids is 1. The van der Waals surface area contributed by atoms with Crippen molar-refractivity contribution in [2.45, 2.75) is 38.8 Å². The first-order chi connectivity index (χ1) is 8.93. The molecule has 19 heavy (non-hydrogen) atoms. The van der Waals surface area contributed by atoms with Gasteiger partial charge in [-0.25, -0.2) is 8.78 Å². The van der Waals surface area contributed by atoms with Crippen LogP contribution in [-0.4, -0.2) is 34.0 Å². The molecule has 5 nitrogen and oxygen atoms in total. The van der Waals surface area contributed by atoms with Gasteiger partial charge in [0.05, 0.1) is 13.0 Å². The Kier molecular flexibility index (Phi) is 5.47. The lowest BCUT2D eigenvalue weighted by Crippen LogP contribution is -2.37. The average molecular weight is 274 g/mol. The Hall–Kier alpha value is -1.92. The zero-order chi connectivity index (χ0) is 14.4. The average Bonchev–Trinajstić information content (AvgIpc) is 2.74. The van der Waals surface area contributed by atoms with Crippen molar-refractivity contribution in [1.82, 2.24) is 9.88 Å². The van der Waals surface area contributed by atoms with Gasteiger partial charge in [0.2, 0.25) is 0 Å². The van der Waals surface area contributed by atoms with E-state index < -0.39 is 30.9 Å². The van der Waals surface area contributed by atoms with E-state index in [2.05, 4.69) is 5.32 Å². The van der Waals surface area contributed by atoms with E-state index in [0.29, 0.717) is 6.42 Å². The molecule has 0 aliphatic heterocycles. The number of carboxylic acids is 1. The van der Waals surface area contributed by atoms with Crippen LogP contribution in [0.2, 0.25) is 0 Å². The molecule has 0 bridgehead atoms. The monoisotopic (exact) mass is 274 g/mol. The zero-order valence-electron chi connectivity index (χ0n) is 10.5. The van der Waals surface area contributed by atoms with Gasteiger partial charge in [-0.3, -0.25) is 9.59 Å². The quantitative estimate of drug-likeness (QED) is 0.795. The van der Waals surface area contributed by atoms with Crippen LogP contribution in [-0.2, 0) is 11.3 Å². The standard InChI is InChI=1S/C12H16F2N2O3/c1-2-8(6-11(17)18)15-12(19)9-4-3-5-16(9)7-10(13)14/h3-5,8,10H,2,6-7H2,1H3,(H,15,19)(H,17,18). The molecule has 0 aromatic carbocycles. The fourth-order valence-electron chi connectivity index (χ4n) is 1.70. The molecule has 1 atom stereocenters. The maximum Gasteiger partial charge on any atom is 0.305 e. The summed E-state index contributed by atoms with van der Waals surface area (Å²) >= 11 is 0. The summed E-state index contributed by atoms with van der Waals surface area (Å²) < 4.78 is 25.8. The van der Waals surface area contributed by atoms with Gasteiger partial charge < -0.3 is 15.0 Å². The molecule has 0 aliphatic carbocycles. The fourth-order valence-corrected chi connectivity index (χ4v) is 1.70. The Morgan fingerprint density at radius 2 is 2.16 bits per heavy atom. The first-order valence-corrected chi connectivity index (χ1v) is 5.90. The Bertz CT molecular complexity index is 446. The maximum atomic E-state index is 12.3. The SMILES string of the molecule is CCC(CC(=O)O)NC(=O)c1cccn1CC(F)F. The van der Waals surface area contributed by atoms with Crippen LogP contribution in [0.3, 0.4) is 0 Å². The van der Waals surface area contributed by atoms with Crippen LogP contribution in [0.5, 0.6) is 0 Å². The minimum atomic E-state index is -2.56. The van der Waals surface area contributed by atoms with Crippen molar-refractivity contribution in [2.24, 2.45) is 0 Å². The van der Waals surface area contributed by atoms with Crippen molar-refractivity contribution in [3.8, 4) is 0 Å². The minimum Gasteiger partial charge on any atom is -0.481 e. The van der Waals surface area contributed by atoms with Gasteiger partial charge in [0, 0.05) is 12.2 Å². The predicted molar refractivity (Wildman–Crippen MR) is 64.2 cm³/mol. The summed E-state index contributed by atoms with van der Waals surface area (Å²) in [4.78, 5) is 22.5. The van der Waals surface area contributed by atoms with Gasteiger partial charge in [-0.05, 0) is 18.6 Å². The van der Waals surface area contributed by atoms with Crippen LogP contribution in [0.1, 0.15) is 30.3 Å². The molecule has 0 saturated heterocycles. The van der Waals surface area contributed by atoms with Crippen molar-refractivity contribution in [3.05, 3.63) is 24.0 Å². The second kappa shape index (κ2) is 6.86. The Balaban J connectivity index is 2.71. The summed E-state index contributed by atoms with van der Waals surface area (Å²) in [5, 5.41) is 11.2. The number of nitrogens with one attached hydrogen (secondary N) is 1. The largest absolute Gasteiger partial charge is 0.481 e. The van der Waals surface area contributed by atoms with E-state index >= 15 is 0 Å². The highest BCUT2D eigenvalue weighted by molar-refractivity contribution is 5.93. The molecule has 0 radical (unpaired) electrons. The van der Waals surface area contributed by atoms with E-state index in [0.717, 1.165) is 4.57 Å². The number of halogens is 2. The molecular formula is C12H16F2N2O3. The number of aromatic nitrogens is 1. The molecule has 7 heteroatoms. The van der Waals surface area contributed by atoms with Gasteiger partial charge in [-0.2, -0.15) is 0 Å². The summed E-state index contributed by atoms with van der Waals surface area (Å²) in [5.74, 6) is -1.56. The van der Waals surface area contributed by atoms with Crippen LogP contribution in [0.4, 0.5) is 8.78 Å². The van der Waals surface area contributed by atoms with Crippen molar-refractivity contribution < 1.29 is 23.5 Å². The van der Waals surface area contributed by atoms with Gasteiger partial charge in [0.15, 0.2) is 0 Å². The van der Waals surface area contributed by atoms with Crippen LogP contribution in [0, 0.1) is 0 Å². The lowest BCUT2D eigenvalue weighted by Gasteiger charge is -2.15. The third-order valence-corrected chi connectivity index (χ3v) is 2.65. The van der Waals surface area contributed by atoms with Gasteiger partial charge in [0.25, 0.3) is 12.3 Å². The number of nitrogens with zero attached hydrogens (tertiary/aromatic N) is 1. The molecule has 2 N–H and O–H groups in total. The zero-order valence-corrected chi connectivity index (χ0v) is 10.5. The summed E-state index contributed by atoms with van der Waals surface area (Å²) in [6.45, 7) is 1.18. The maximum absolute atomic E-state index is 12.3. The van der Waals surface area contributed by atoms with Crippen LogP contribution in [0.25, 0.3) is 0 Å². The minimum absolute atomic E-state index is 0.101. The smallest absolute Gasteiger partial charge is 0.305 e. The number of hydrogen-bond acceptors (Lipinski definition) is 2. The van der Waals surface area contributed by atoms with Crippen molar-refractivity contribution in [2.75, 3.05) is 0 Å². The van der Waals surface area contributed by atoms with Crippen LogP contribution >= 0.6 is 0 Å². The van der Waals surface area contributed by atoms with E-state index in [9.17, 15) is 18.4 Å². The highest BCUT2D eigenvalue weighted by atomic mass is 19.3. The number of carbonyl (C=O) groups is 2. The molecule has 106 valence electrons. The van der Waals surface area contributed by atoms with Gasteiger partial charge >= 0.3 is 5.97 Å². The number of aliphatic carboxylic acids is 1. The van der Waals surface area contributed by atoms with E-state index in [4.69, 9.17) is 5.11 Å². The molecule has 1 unspecified atom stereocenters. The number of alkyl halides is 2. The summed E-state index contributed by atoms with van der Waals surface area (Å²) in [5.41, 5.74) is 0.101. The first kappa shape index (κ1) is 15.1. The van der Waals surface area contributed by atoms with Crippen LogP contribution < -0.4 is 5.32 Å². The fraction of sp³-hybridized carbons (Fsp3) is 0.500. The lowest BCUT2D eigenvalue weighted by molar-refractivity contribution is -0.137. The highest BCUT2D eigenvalue weighted by Crippen LogP contribution is 2.08. The Labute approximate surface area is 109 Å². The first-order valence-electron chi connectivity index (χ1n) is 5.90. The molecule has 1 aromatic heterocycles. The summed E-state index contributed by atoms with van der Waals surface area (Å²) in [7, 11) is 0. The lowest BCUT2D eigenvalue weighted by atomic mass is 10.1. The highest BCUT2D eigenvalue weighted by Gasteiger charge is 2.18. The van der Waals surface area contributed by atoms with E-state index in [1.165, 1.54) is 18.3 Å². The third-order valence-electron chi connectivity index (χ3n) is 2.65. The van der Waals surface area contributed by atoms with E-state index in [-0.39, 0.29) is 12.1 Å². The summed E-state index contributed by atoms with van der Waals surface area (Å²) in [6, 6.07) is 2.40. The topological polar surface area (TPSA) is 71.3 Å². The van der Waals surface area contributed by atoms with E-state index in [1.807, 2.05) is 0 Å². The molecule has 1 heterocycles. The number of hydrogen-bond donors (Lipinski definition) is 2. The molecule has 1 aromatic rings. The van der Waals surface area contributed by atoms with Gasteiger partial charge in [0.1, 0.15) is 5.69 Å². The normalized spacial score (nSPS) is 12.4. The third kappa shape index (κ3) is 4.69. The Morgan fingerprint density at radius 3 is 2.68 bits per heavy atom. The van der Waals surface area contributed by atoms with Gasteiger partial charge in [-0.15, -0.1) is 0 Å². The molecule has 0 spiro atoms. The molecule has 0 saturated carbocycles. The molecule has 1 rings (SSSR count). The van der Waals surface area contributed by atoms with Gasteiger partial charge in [-0.1, -0.05) is 6.92 Å². The van der Waals surface area contributed by atoms with E-state index in [1.54, 1.807) is 6.92 Å². The van der Waals surface area contributed by atoms with Crippen LogP contribution in [0.15, 0.2) is 18.3 Å². The van der Waals surface area contributed by atoms with Crippen molar-refractivity contribution in [3.63, 3.8) is 0 Å². The Morgan fingerprint density at radius 1 is 1.47 bits per heavy atom. The number of rotatable bonds is 7. The molecular weight excluding hydrogens is 258 g/mol. The number of amides is 1. The predicted octanol–water partition coefficient (Wildman–Crippen LogP) is 1.74. The molecule has 1 amide bonds. The molecule has 0 aliphatic rings. The summed E-state index contributed by atoms with van der Waals surface area (Å²) in [6.07, 6.45) is -0.912. The number of carboxylic acid groups (broad SMARTS) is 1. The van der Waals surface area contributed by atoms with Crippen molar-refractivity contribution >= 4 is 11.9 Å². The second-order valence-electron chi connectivity index (χ2n) is 4.11.